The summed E-state index contributed by atoms with van der Waals surface area (Å²) in [4.78, 5) is 22.6. The van der Waals surface area contributed by atoms with E-state index in [-0.39, 0.29) is 29.6 Å². The van der Waals surface area contributed by atoms with Gasteiger partial charge in [-0.05, 0) is 32.1 Å². The lowest BCUT2D eigenvalue weighted by molar-refractivity contribution is -0.177. The van der Waals surface area contributed by atoms with Crippen LogP contribution >= 0.6 is 0 Å². The van der Waals surface area contributed by atoms with E-state index in [1.807, 2.05) is 13.8 Å². The molecule has 2 aliphatic heterocycles. The molecule has 2 fully saturated rings. The first kappa shape index (κ1) is 10.6. The Morgan fingerprint density at radius 1 is 1.07 bits per heavy atom. The molecule has 0 radical (unpaired) electrons. The average Bonchev–Trinajstić information content (AvgIpc) is 1.96. The smallest absolute Gasteiger partial charge is 0.314 e. The van der Waals surface area contributed by atoms with Gasteiger partial charge in [0, 0.05) is 0 Å². The lowest BCUT2D eigenvalue weighted by Gasteiger charge is -2.43. The van der Waals surface area contributed by atoms with Crippen LogP contribution in [0.5, 0.6) is 0 Å². The summed E-state index contributed by atoms with van der Waals surface area (Å²) in [6.07, 6.45) is 2.50. The zero-order chi connectivity index (χ0) is 11.1. The van der Waals surface area contributed by atoms with Crippen LogP contribution in [0.1, 0.15) is 39.5 Å². The first-order valence-electron chi connectivity index (χ1n) is 5.38. The summed E-state index contributed by atoms with van der Waals surface area (Å²) in [6.45, 7) is 3.98. The van der Waals surface area contributed by atoms with Crippen molar-refractivity contribution >= 4 is 11.9 Å². The minimum Gasteiger partial charge on any atom is -0.393 e. The van der Waals surface area contributed by atoms with E-state index in [0.29, 0.717) is 12.8 Å². The highest BCUT2D eigenvalue weighted by molar-refractivity contribution is 5.89. The van der Waals surface area contributed by atoms with Crippen LogP contribution in [0, 0.1) is 5.41 Å². The highest BCUT2D eigenvalue weighted by atomic mass is 16.6. The Hall–Kier alpha value is -0.900. The molecule has 2 unspecified atom stereocenters. The van der Waals surface area contributed by atoms with Crippen LogP contribution in [0.15, 0.2) is 0 Å². The lowest BCUT2D eigenvalue weighted by Crippen LogP contribution is -2.44. The molecule has 0 aromatic rings. The fraction of sp³-hybridized carbons (Fsp3) is 0.818. The fourth-order valence-electron chi connectivity index (χ4n) is 2.96. The zero-order valence-corrected chi connectivity index (χ0v) is 9.12. The maximum atomic E-state index is 11.3. The molecule has 2 atom stereocenters. The van der Waals surface area contributed by atoms with Crippen molar-refractivity contribution in [2.45, 2.75) is 51.7 Å². The van der Waals surface area contributed by atoms with Crippen LogP contribution in [-0.2, 0) is 19.1 Å². The van der Waals surface area contributed by atoms with Crippen LogP contribution in [0.3, 0.4) is 0 Å². The SMILES string of the molecule is CC1CC2(CC(=O)OC(=O)C2)CC(C)O1. The molecule has 0 aromatic carbocycles. The minimum absolute atomic E-state index is 0.118. The van der Waals surface area contributed by atoms with Gasteiger partial charge in [-0.3, -0.25) is 9.59 Å². The Bertz CT molecular complexity index is 269. The Balaban J connectivity index is 2.16. The number of cyclic esters (lactones) is 2. The van der Waals surface area contributed by atoms with Crippen molar-refractivity contribution in [2.75, 3.05) is 0 Å². The Kier molecular flexibility index (Phi) is 2.54. The molecule has 84 valence electrons. The number of carbonyl (C=O) groups is 2. The molecule has 0 bridgehead atoms. The molecule has 0 N–H and O–H groups in total. The molecule has 0 saturated carbocycles. The van der Waals surface area contributed by atoms with Gasteiger partial charge in [0.25, 0.3) is 0 Å². The van der Waals surface area contributed by atoms with Crippen molar-refractivity contribution in [1.82, 2.24) is 0 Å². The van der Waals surface area contributed by atoms with E-state index in [2.05, 4.69) is 4.74 Å². The largest absolute Gasteiger partial charge is 0.393 e. The molecular formula is C11H16O4. The van der Waals surface area contributed by atoms with E-state index in [1.54, 1.807) is 0 Å². The molecule has 0 aliphatic carbocycles. The maximum Gasteiger partial charge on any atom is 0.314 e. The van der Waals surface area contributed by atoms with E-state index in [1.165, 1.54) is 0 Å². The topological polar surface area (TPSA) is 52.6 Å². The third-order valence-corrected chi connectivity index (χ3v) is 3.17. The number of carbonyl (C=O) groups excluding carboxylic acids is 2. The van der Waals surface area contributed by atoms with E-state index in [0.717, 1.165) is 12.8 Å². The third-order valence-electron chi connectivity index (χ3n) is 3.17. The van der Waals surface area contributed by atoms with Gasteiger partial charge in [-0.15, -0.1) is 0 Å². The second-order valence-corrected chi connectivity index (χ2v) is 4.87. The van der Waals surface area contributed by atoms with Gasteiger partial charge in [-0.2, -0.15) is 0 Å². The second-order valence-electron chi connectivity index (χ2n) is 4.87. The molecular weight excluding hydrogens is 196 g/mol. The van der Waals surface area contributed by atoms with Crippen molar-refractivity contribution in [3.8, 4) is 0 Å². The summed E-state index contributed by atoms with van der Waals surface area (Å²) in [5.41, 5.74) is -0.205. The molecule has 4 nitrogen and oxygen atoms in total. The van der Waals surface area contributed by atoms with Crippen molar-refractivity contribution in [3.05, 3.63) is 0 Å². The van der Waals surface area contributed by atoms with Gasteiger partial charge in [0.15, 0.2) is 0 Å². The van der Waals surface area contributed by atoms with E-state index < -0.39 is 0 Å². The predicted molar refractivity (Wildman–Crippen MR) is 52.0 cm³/mol. The minimum atomic E-state index is -0.382. The summed E-state index contributed by atoms with van der Waals surface area (Å²) >= 11 is 0. The van der Waals surface area contributed by atoms with Crippen molar-refractivity contribution in [3.63, 3.8) is 0 Å². The number of ether oxygens (including phenoxy) is 2. The summed E-state index contributed by atoms with van der Waals surface area (Å²) in [5.74, 6) is -0.764. The van der Waals surface area contributed by atoms with Crippen LogP contribution in [0.4, 0.5) is 0 Å². The molecule has 0 aromatic heterocycles. The van der Waals surface area contributed by atoms with Crippen molar-refractivity contribution in [1.29, 1.82) is 0 Å². The van der Waals surface area contributed by atoms with E-state index >= 15 is 0 Å². The first-order chi connectivity index (χ1) is 6.99. The zero-order valence-electron chi connectivity index (χ0n) is 9.12. The van der Waals surface area contributed by atoms with Gasteiger partial charge in [-0.1, -0.05) is 0 Å². The normalized spacial score (nSPS) is 35.3. The third kappa shape index (κ3) is 2.20. The van der Waals surface area contributed by atoms with Crippen molar-refractivity contribution in [2.24, 2.45) is 5.41 Å². The van der Waals surface area contributed by atoms with Gasteiger partial charge in [0.2, 0.25) is 0 Å². The fourth-order valence-corrected chi connectivity index (χ4v) is 2.96. The number of hydrogen-bond acceptors (Lipinski definition) is 4. The van der Waals surface area contributed by atoms with Crippen LogP contribution < -0.4 is 0 Å². The number of hydrogen-bond donors (Lipinski definition) is 0. The van der Waals surface area contributed by atoms with Gasteiger partial charge >= 0.3 is 11.9 Å². The standard InChI is InChI=1S/C11H16O4/c1-7-3-11(4-8(2)14-7)5-9(12)15-10(13)6-11/h7-8H,3-6H2,1-2H3. The van der Waals surface area contributed by atoms with Gasteiger partial charge in [0.1, 0.15) is 0 Å². The molecule has 15 heavy (non-hydrogen) atoms. The molecule has 2 aliphatic rings. The quantitative estimate of drug-likeness (QED) is 0.450. The summed E-state index contributed by atoms with van der Waals surface area (Å²) in [6, 6.07) is 0. The van der Waals surface area contributed by atoms with E-state index in [4.69, 9.17) is 4.74 Å². The summed E-state index contributed by atoms with van der Waals surface area (Å²) in [7, 11) is 0. The monoisotopic (exact) mass is 212 g/mol. The van der Waals surface area contributed by atoms with E-state index in [9.17, 15) is 9.59 Å². The van der Waals surface area contributed by atoms with Gasteiger partial charge in [-0.25, -0.2) is 0 Å². The number of rotatable bonds is 0. The van der Waals surface area contributed by atoms with Gasteiger partial charge < -0.3 is 9.47 Å². The molecule has 2 saturated heterocycles. The molecule has 4 heteroatoms. The average molecular weight is 212 g/mol. The van der Waals surface area contributed by atoms with Crippen molar-refractivity contribution < 1.29 is 19.1 Å². The first-order valence-corrected chi connectivity index (χ1v) is 5.38. The van der Waals surface area contributed by atoms with Crippen LogP contribution in [0.25, 0.3) is 0 Å². The highest BCUT2D eigenvalue weighted by Crippen LogP contribution is 2.44. The molecule has 0 amide bonds. The summed E-state index contributed by atoms with van der Waals surface area (Å²) < 4.78 is 10.2. The molecule has 2 heterocycles. The maximum absolute atomic E-state index is 11.3. The Morgan fingerprint density at radius 2 is 1.53 bits per heavy atom. The Labute approximate surface area is 88.9 Å². The van der Waals surface area contributed by atoms with Gasteiger partial charge in [0.05, 0.1) is 25.0 Å². The number of esters is 2. The second kappa shape index (κ2) is 3.59. The lowest BCUT2D eigenvalue weighted by atomic mass is 9.70. The Morgan fingerprint density at radius 3 is 2.00 bits per heavy atom. The molecule has 2 rings (SSSR count). The molecule has 1 spiro atoms. The summed E-state index contributed by atoms with van der Waals surface area (Å²) in [5, 5.41) is 0. The van der Waals surface area contributed by atoms with Crippen LogP contribution in [-0.4, -0.2) is 24.1 Å². The van der Waals surface area contributed by atoms with Crippen LogP contribution in [0.2, 0.25) is 0 Å². The highest BCUT2D eigenvalue weighted by Gasteiger charge is 2.45. The predicted octanol–water partition coefficient (Wildman–Crippen LogP) is 1.42.